The molecule has 0 radical (unpaired) electrons. The summed E-state index contributed by atoms with van der Waals surface area (Å²) in [6, 6.07) is 6.54. The Hall–Kier alpha value is -2.24. The number of ether oxygens (including phenoxy) is 1. The third-order valence-electron chi connectivity index (χ3n) is 5.25. The van der Waals surface area contributed by atoms with Gasteiger partial charge in [-0.05, 0) is 56.0 Å². The van der Waals surface area contributed by atoms with Gasteiger partial charge in [0.05, 0.1) is 11.0 Å². The fraction of sp³-hybridized carbons (Fsp3) is 0.455. The summed E-state index contributed by atoms with van der Waals surface area (Å²) in [5.41, 5.74) is 10.8. The minimum Gasteiger partial charge on any atom is -0.381 e. The quantitative estimate of drug-likeness (QED) is 0.614. The number of aromatic nitrogens is 2. The van der Waals surface area contributed by atoms with Crippen LogP contribution >= 0.6 is 0 Å². The maximum absolute atomic E-state index is 12.1. The second-order valence-corrected chi connectivity index (χ2v) is 7.02. The standard InChI is InChI=1S/C22H29N3O2/c1-4-17(12-15(3)21(26)5-2)22-24-19-7-6-16(14-23)13-20(19)25(22)18-8-10-27-11-9-18/h4,6-7,12-13,18H,5,8-11,14,23H2,1-3H3/b15-12-,17-4+. The number of benzene rings is 1. The fourth-order valence-corrected chi connectivity index (χ4v) is 3.65. The highest BCUT2D eigenvalue weighted by atomic mass is 16.5. The molecule has 27 heavy (non-hydrogen) atoms. The Morgan fingerprint density at radius 3 is 2.74 bits per heavy atom. The molecule has 1 aliphatic rings. The molecule has 0 amide bonds. The smallest absolute Gasteiger partial charge is 0.158 e. The molecule has 0 bridgehead atoms. The number of hydrogen-bond donors (Lipinski definition) is 1. The van der Waals surface area contributed by atoms with Crippen LogP contribution in [0.2, 0.25) is 0 Å². The van der Waals surface area contributed by atoms with Crippen molar-refractivity contribution in [1.82, 2.24) is 9.55 Å². The fourth-order valence-electron chi connectivity index (χ4n) is 3.65. The monoisotopic (exact) mass is 367 g/mol. The summed E-state index contributed by atoms with van der Waals surface area (Å²) in [7, 11) is 0. The summed E-state index contributed by atoms with van der Waals surface area (Å²) in [6.07, 6.45) is 6.42. The Morgan fingerprint density at radius 2 is 2.11 bits per heavy atom. The van der Waals surface area contributed by atoms with Gasteiger partial charge in [0.15, 0.2) is 5.78 Å². The van der Waals surface area contributed by atoms with E-state index in [4.69, 9.17) is 15.5 Å². The number of hydrogen-bond acceptors (Lipinski definition) is 4. The first-order chi connectivity index (χ1) is 13.1. The highest BCUT2D eigenvalue weighted by molar-refractivity contribution is 5.97. The lowest BCUT2D eigenvalue weighted by Gasteiger charge is -2.26. The number of Topliss-reactive ketones (excluding diaryl/α,β-unsaturated/α-hetero) is 1. The maximum Gasteiger partial charge on any atom is 0.158 e. The van der Waals surface area contributed by atoms with Crippen LogP contribution in [-0.4, -0.2) is 28.5 Å². The summed E-state index contributed by atoms with van der Waals surface area (Å²) in [5.74, 6) is 1.07. The van der Waals surface area contributed by atoms with Gasteiger partial charge in [-0.1, -0.05) is 19.1 Å². The van der Waals surface area contributed by atoms with E-state index in [0.717, 1.165) is 59.6 Å². The molecule has 1 saturated heterocycles. The zero-order valence-electron chi connectivity index (χ0n) is 16.5. The van der Waals surface area contributed by atoms with Crippen LogP contribution in [0.5, 0.6) is 0 Å². The lowest BCUT2D eigenvalue weighted by atomic mass is 10.0. The number of fused-ring (bicyclic) bond motifs is 1. The van der Waals surface area contributed by atoms with Crippen molar-refractivity contribution in [2.75, 3.05) is 13.2 Å². The van der Waals surface area contributed by atoms with Crippen LogP contribution < -0.4 is 5.73 Å². The van der Waals surface area contributed by atoms with Crippen LogP contribution in [0.4, 0.5) is 0 Å². The van der Waals surface area contributed by atoms with Gasteiger partial charge < -0.3 is 15.0 Å². The van der Waals surface area contributed by atoms with E-state index >= 15 is 0 Å². The van der Waals surface area contributed by atoms with Gasteiger partial charge in [0.1, 0.15) is 5.82 Å². The van der Waals surface area contributed by atoms with E-state index in [0.29, 0.717) is 19.0 Å². The molecule has 2 heterocycles. The van der Waals surface area contributed by atoms with E-state index in [1.165, 1.54) is 0 Å². The van der Waals surface area contributed by atoms with Crippen LogP contribution in [0.1, 0.15) is 57.5 Å². The molecule has 0 unspecified atom stereocenters. The summed E-state index contributed by atoms with van der Waals surface area (Å²) in [6.45, 7) is 7.78. The van der Waals surface area contributed by atoms with Gasteiger partial charge in [0.2, 0.25) is 0 Å². The lowest BCUT2D eigenvalue weighted by Crippen LogP contribution is -2.21. The Balaban J connectivity index is 2.17. The predicted molar refractivity (Wildman–Crippen MR) is 109 cm³/mol. The molecule has 0 atom stereocenters. The maximum atomic E-state index is 12.1. The Bertz CT molecular complexity index is 886. The average Bonchev–Trinajstić information content (AvgIpc) is 3.09. The van der Waals surface area contributed by atoms with E-state index in [-0.39, 0.29) is 5.78 Å². The summed E-state index contributed by atoms with van der Waals surface area (Å²) < 4.78 is 7.89. The van der Waals surface area contributed by atoms with Crippen molar-refractivity contribution in [3.05, 3.63) is 47.3 Å². The molecule has 1 aliphatic heterocycles. The number of nitrogens with two attached hydrogens (primary N) is 1. The number of allylic oxidation sites excluding steroid dienone is 4. The second-order valence-electron chi connectivity index (χ2n) is 7.02. The molecule has 5 nitrogen and oxygen atoms in total. The van der Waals surface area contributed by atoms with Gasteiger partial charge in [0.25, 0.3) is 0 Å². The Kier molecular flexibility index (Phi) is 6.24. The molecular formula is C22H29N3O2. The molecular weight excluding hydrogens is 338 g/mol. The predicted octanol–water partition coefficient (Wildman–Crippen LogP) is 4.18. The van der Waals surface area contributed by atoms with Crippen LogP contribution in [0.15, 0.2) is 35.9 Å². The summed E-state index contributed by atoms with van der Waals surface area (Å²) in [4.78, 5) is 17.0. The van der Waals surface area contributed by atoms with Crippen LogP contribution in [0.25, 0.3) is 16.6 Å². The van der Waals surface area contributed by atoms with Crippen molar-refractivity contribution in [2.45, 2.75) is 52.6 Å². The zero-order chi connectivity index (χ0) is 19.4. The summed E-state index contributed by atoms with van der Waals surface area (Å²) in [5, 5.41) is 0. The largest absolute Gasteiger partial charge is 0.381 e. The second kappa shape index (κ2) is 8.63. The van der Waals surface area contributed by atoms with Crippen molar-refractivity contribution >= 4 is 22.4 Å². The van der Waals surface area contributed by atoms with Crippen molar-refractivity contribution in [2.24, 2.45) is 5.73 Å². The number of carbonyl (C=O) groups excluding carboxylic acids is 1. The van der Waals surface area contributed by atoms with Crippen molar-refractivity contribution in [3.63, 3.8) is 0 Å². The van der Waals surface area contributed by atoms with Crippen molar-refractivity contribution < 1.29 is 9.53 Å². The van der Waals surface area contributed by atoms with Crippen LogP contribution in [0, 0.1) is 0 Å². The highest BCUT2D eigenvalue weighted by Crippen LogP contribution is 2.32. The molecule has 1 fully saturated rings. The van der Waals surface area contributed by atoms with E-state index in [2.05, 4.69) is 10.6 Å². The molecule has 144 valence electrons. The highest BCUT2D eigenvalue weighted by Gasteiger charge is 2.23. The molecule has 3 rings (SSSR count). The third-order valence-corrected chi connectivity index (χ3v) is 5.25. The first-order valence-corrected chi connectivity index (χ1v) is 9.75. The van der Waals surface area contributed by atoms with E-state index in [1.54, 1.807) is 0 Å². The lowest BCUT2D eigenvalue weighted by molar-refractivity contribution is -0.115. The van der Waals surface area contributed by atoms with Gasteiger partial charge in [-0.3, -0.25) is 4.79 Å². The van der Waals surface area contributed by atoms with Gasteiger partial charge in [-0.25, -0.2) is 4.98 Å². The molecule has 0 aliphatic carbocycles. The Labute approximate surface area is 160 Å². The van der Waals surface area contributed by atoms with Gasteiger partial charge in [0, 0.05) is 37.8 Å². The van der Waals surface area contributed by atoms with Crippen molar-refractivity contribution in [1.29, 1.82) is 0 Å². The SMILES string of the molecule is C/C=C(\C=C(\C)C(=O)CC)c1nc2ccc(CN)cc2n1C1CCOCC1. The molecule has 0 saturated carbocycles. The normalized spacial score (nSPS) is 16.9. The van der Waals surface area contributed by atoms with Gasteiger partial charge >= 0.3 is 0 Å². The van der Waals surface area contributed by atoms with E-state index in [1.807, 2.05) is 45.1 Å². The minimum absolute atomic E-state index is 0.161. The molecule has 2 N–H and O–H groups in total. The van der Waals surface area contributed by atoms with E-state index < -0.39 is 0 Å². The van der Waals surface area contributed by atoms with Crippen molar-refractivity contribution in [3.8, 4) is 0 Å². The molecule has 1 aromatic heterocycles. The minimum atomic E-state index is 0.161. The summed E-state index contributed by atoms with van der Waals surface area (Å²) >= 11 is 0. The molecule has 2 aromatic rings. The van der Waals surface area contributed by atoms with E-state index in [9.17, 15) is 4.79 Å². The van der Waals surface area contributed by atoms with Crippen LogP contribution in [0.3, 0.4) is 0 Å². The number of imidazole rings is 1. The number of rotatable bonds is 6. The number of nitrogens with zero attached hydrogens (tertiary/aromatic N) is 2. The third kappa shape index (κ3) is 4.04. The first-order valence-electron chi connectivity index (χ1n) is 9.75. The number of ketones is 1. The van der Waals surface area contributed by atoms with Gasteiger partial charge in [-0.2, -0.15) is 0 Å². The zero-order valence-corrected chi connectivity index (χ0v) is 16.5. The van der Waals surface area contributed by atoms with Gasteiger partial charge in [-0.15, -0.1) is 0 Å². The Morgan fingerprint density at radius 1 is 1.37 bits per heavy atom. The van der Waals surface area contributed by atoms with Crippen LogP contribution in [-0.2, 0) is 16.1 Å². The average molecular weight is 367 g/mol. The molecule has 5 heteroatoms. The first kappa shape index (κ1) is 19.5. The molecule has 0 spiro atoms. The number of carbonyl (C=O) groups is 1. The topological polar surface area (TPSA) is 70.1 Å². The molecule has 1 aromatic carbocycles.